The van der Waals surface area contributed by atoms with Crippen LogP contribution in [0.15, 0.2) is 18.2 Å². The number of hydrogen-bond donors (Lipinski definition) is 1. The lowest BCUT2D eigenvalue weighted by Gasteiger charge is -2.29. The van der Waals surface area contributed by atoms with Gasteiger partial charge in [0.15, 0.2) is 0 Å². The lowest BCUT2D eigenvalue weighted by molar-refractivity contribution is -0.140. The van der Waals surface area contributed by atoms with Gasteiger partial charge in [0, 0.05) is 12.3 Å². The summed E-state index contributed by atoms with van der Waals surface area (Å²) in [5.41, 5.74) is 1.03. The topological polar surface area (TPSA) is 47.6 Å². The van der Waals surface area contributed by atoms with Crippen LogP contribution in [-0.2, 0) is 9.53 Å². The van der Waals surface area contributed by atoms with E-state index in [2.05, 4.69) is 26.1 Å². The molecule has 1 aromatic carbocycles. The fourth-order valence-electron chi connectivity index (χ4n) is 2.66. The Balaban J connectivity index is 2.79. The van der Waals surface area contributed by atoms with Crippen molar-refractivity contribution in [2.24, 2.45) is 0 Å². The molecule has 4 heteroatoms. The van der Waals surface area contributed by atoms with Crippen LogP contribution >= 0.6 is 0 Å². The maximum absolute atomic E-state index is 12.8. The van der Waals surface area contributed by atoms with E-state index < -0.39 is 5.60 Å². The standard InChI is InChI=1S/C21H35NO3/c1-6-9-10-13-21(5,25-15-8-3)20(23)22-18-11-12-19(17(4)16-18)24-14-7-2/h11-12,16H,6-10,13-15H2,1-5H3,(H,22,23). The van der Waals surface area contributed by atoms with E-state index >= 15 is 0 Å². The number of hydrogen-bond acceptors (Lipinski definition) is 3. The van der Waals surface area contributed by atoms with Crippen molar-refractivity contribution >= 4 is 11.6 Å². The van der Waals surface area contributed by atoms with Gasteiger partial charge >= 0.3 is 0 Å². The minimum Gasteiger partial charge on any atom is -0.493 e. The average Bonchev–Trinajstić information content (AvgIpc) is 2.59. The van der Waals surface area contributed by atoms with Crippen molar-refractivity contribution in [3.05, 3.63) is 23.8 Å². The molecular weight excluding hydrogens is 314 g/mol. The summed E-state index contributed by atoms with van der Waals surface area (Å²) in [6.07, 6.45) is 5.85. The normalized spacial score (nSPS) is 13.3. The Morgan fingerprint density at radius 3 is 2.40 bits per heavy atom. The Labute approximate surface area is 153 Å². The molecule has 0 spiro atoms. The summed E-state index contributed by atoms with van der Waals surface area (Å²) in [7, 11) is 0. The molecule has 0 radical (unpaired) electrons. The Kier molecular flexibility index (Phi) is 9.58. The van der Waals surface area contributed by atoms with E-state index in [1.54, 1.807) is 0 Å². The van der Waals surface area contributed by atoms with Crippen molar-refractivity contribution in [2.75, 3.05) is 18.5 Å². The molecule has 0 aliphatic heterocycles. The molecule has 1 amide bonds. The third kappa shape index (κ3) is 7.07. The number of anilines is 1. The second-order valence-electron chi connectivity index (χ2n) is 6.82. The molecular formula is C21H35NO3. The van der Waals surface area contributed by atoms with E-state index in [0.29, 0.717) is 13.2 Å². The van der Waals surface area contributed by atoms with Crippen LogP contribution in [0.2, 0.25) is 0 Å². The summed E-state index contributed by atoms with van der Waals surface area (Å²) in [4.78, 5) is 12.8. The van der Waals surface area contributed by atoms with Gasteiger partial charge < -0.3 is 14.8 Å². The number of carbonyl (C=O) groups is 1. The maximum Gasteiger partial charge on any atom is 0.256 e. The van der Waals surface area contributed by atoms with Gasteiger partial charge in [-0.05, 0) is 56.9 Å². The number of rotatable bonds is 12. The molecule has 1 rings (SSSR count). The minimum absolute atomic E-state index is 0.0707. The van der Waals surface area contributed by atoms with Crippen LogP contribution in [0.4, 0.5) is 5.69 Å². The summed E-state index contributed by atoms with van der Waals surface area (Å²) in [5.74, 6) is 0.798. The molecule has 0 heterocycles. The Morgan fingerprint density at radius 1 is 1.08 bits per heavy atom. The third-order valence-electron chi connectivity index (χ3n) is 4.26. The fraction of sp³-hybridized carbons (Fsp3) is 0.667. The fourth-order valence-corrected chi connectivity index (χ4v) is 2.66. The van der Waals surface area contributed by atoms with Crippen molar-refractivity contribution in [1.29, 1.82) is 0 Å². The van der Waals surface area contributed by atoms with Crippen LogP contribution in [0.5, 0.6) is 5.75 Å². The van der Waals surface area contributed by atoms with Crippen LogP contribution in [0.1, 0.15) is 71.8 Å². The van der Waals surface area contributed by atoms with E-state index in [1.165, 1.54) is 0 Å². The van der Waals surface area contributed by atoms with Crippen molar-refractivity contribution in [1.82, 2.24) is 0 Å². The molecule has 0 aromatic heterocycles. The number of aryl methyl sites for hydroxylation is 1. The summed E-state index contributed by atoms with van der Waals surface area (Å²) in [6.45, 7) is 11.5. The van der Waals surface area contributed by atoms with E-state index in [4.69, 9.17) is 9.47 Å². The number of carbonyl (C=O) groups excluding carboxylic acids is 1. The molecule has 1 unspecified atom stereocenters. The number of unbranched alkanes of at least 4 members (excludes halogenated alkanes) is 2. The number of nitrogens with one attached hydrogen (secondary N) is 1. The van der Waals surface area contributed by atoms with Crippen molar-refractivity contribution in [3.8, 4) is 5.75 Å². The largest absolute Gasteiger partial charge is 0.493 e. The van der Waals surface area contributed by atoms with Gasteiger partial charge in [0.05, 0.1) is 6.61 Å². The van der Waals surface area contributed by atoms with Crippen molar-refractivity contribution < 1.29 is 14.3 Å². The predicted molar refractivity (Wildman–Crippen MR) is 104 cm³/mol. The van der Waals surface area contributed by atoms with Gasteiger partial charge in [-0.3, -0.25) is 4.79 Å². The van der Waals surface area contributed by atoms with Gasteiger partial charge in [-0.15, -0.1) is 0 Å². The van der Waals surface area contributed by atoms with Gasteiger partial charge in [-0.2, -0.15) is 0 Å². The summed E-state index contributed by atoms with van der Waals surface area (Å²) >= 11 is 0. The molecule has 0 fully saturated rings. The molecule has 142 valence electrons. The van der Waals surface area contributed by atoms with Gasteiger partial charge in [0.2, 0.25) is 0 Å². The van der Waals surface area contributed by atoms with Crippen LogP contribution in [0.25, 0.3) is 0 Å². The summed E-state index contributed by atoms with van der Waals surface area (Å²) < 4.78 is 11.6. The number of amides is 1. The zero-order chi connectivity index (χ0) is 18.7. The van der Waals surface area contributed by atoms with E-state index in [0.717, 1.165) is 55.5 Å². The Hall–Kier alpha value is -1.55. The summed E-state index contributed by atoms with van der Waals surface area (Å²) in [6, 6.07) is 5.76. The molecule has 0 aliphatic carbocycles. The van der Waals surface area contributed by atoms with Gasteiger partial charge in [-0.25, -0.2) is 0 Å². The molecule has 25 heavy (non-hydrogen) atoms. The van der Waals surface area contributed by atoms with Gasteiger partial charge in [-0.1, -0.05) is 40.0 Å². The second kappa shape index (κ2) is 11.1. The zero-order valence-electron chi connectivity index (χ0n) is 16.6. The smallest absolute Gasteiger partial charge is 0.256 e. The Bertz CT molecular complexity index is 530. The zero-order valence-corrected chi connectivity index (χ0v) is 16.6. The number of ether oxygens (including phenoxy) is 2. The molecule has 1 atom stereocenters. The van der Waals surface area contributed by atoms with Crippen molar-refractivity contribution in [2.45, 2.75) is 78.7 Å². The van der Waals surface area contributed by atoms with Crippen LogP contribution in [0.3, 0.4) is 0 Å². The minimum atomic E-state index is -0.781. The molecule has 1 N–H and O–H groups in total. The molecule has 4 nitrogen and oxygen atoms in total. The van der Waals surface area contributed by atoms with Gasteiger partial charge in [0.25, 0.3) is 5.91 Å². The van der Waals surface area contributed by atoms with Crippen LogP contribution in [0, 0.1) is 6.92 Å². The predicted octanol–water partition coefficient (Wildman–Crippen LogP) is 5.49. The van der Waals surface area contributed by atoms with E-state index in [1.807, 2.05) is 32.0 Å². The van der Waals surface area contributed by atoms with E-state index in [9.17, 15) is 4.79 Å². The SMILES string of the molecule is CCCCCC(C)(OCCC)C(=O)Nc1ccc(OCCC)c(C)c1. The lowest BCUT2D eigenvalue weighted by atomic mass is 9.96. The first-order valence-electron chi connectivity index (χ1n) is 9.65. The van der Waals surface area contributed by atoms with Gasteiger partial charge in [0.1, 0.15) is 11.4 Å². The maximum atomic E-state index is 12.8. The first-order chi connectivity index (χ1) is 12.0. The first-order valence-corrected chi connectivity index (χ1v) is 9.65. The monoisotopic (exact) mass is 349 g/mol. The average molecular weight is 350 g/mol. The highest BCUT2D eigenvalue weighted by molar-refractivity contribution is 5.97. The van der Waals surface area contributed by atoms with E-state index in [-0.39, 0.29) is 5.91 Å². The lowest BCUT2D eigenvalue weighted by Crippen LogP contribution is -2.43. The quantitative estimate of drug-likeness (QED) is 0.508. The molecule has 0 aliphatic rings. The Morgan fingerprint density at radius 2 is 1.80 bits per heavy atom. The second-order valence-corrected chi connectivity index (χ2v) is 6.82. The first kappa shape index (κ1) is 21.5. The third-order valence-corrected chi connectivity index (χ3v) is 4.26. The molecule has 0 saturated heterocycles. The molecule has 0 saturated carbocycles. The summed E-state index contributed by atoms with van der Waals surface area (Å²) in [5, 5.41) is 3.02. The molecule has 0 bridgehead atoms. The highest BCUT2D eigenvalue weighted by atomic mass is 16.5. The number of benzene rings is 1. The highest BCUT2D eigenvalue weighted by Gasteiger charge is 2.33. The van der Waals surface area contributed by atoms with Crippen LogP contribution in [-0.4, -0.2) is 24.7 Å². The highest BCUT2D eigenvalue weighted by Crippen LogP contribution is 2.25. The van der Waals surface area contributed by atoms with Crippen molar-refractivity contribution in [3.63, 3.8) is 0 Å². The molecule has 1 aromatic rings. The van der Waals surface area contributed by atoms with Crippen LogP contribution < -0.4 is 10.1 Å².